The molecule has 0 aliphatic carbocycles. The third-order valence-electron chi connectivity index (χ3n) is 5.05. The summed E-state index contributed by atoms with van der Waals surface area (Å²) in [5, 5.41) is 11.4. The van der Waals surface area contributed by atoms with E-state index in [9.17, 15) is 4.79 Å². The first kappa shape index (κ1) is 18.5. The van der Waals surface area contributed by atoms with Gasteiger partial charge in [-0.05, 0) is 48.9 Å². The van der Waals surface area contributed by atoms with E-state index in [1.54, 1.807) is 12.4 Å². The highest BCUT2D eigenvalue weighted by Crippen LogP contribution is 2.29. The average Bonchev–Trinajstić information content (AvgIpc) is 3.36. The van der Waals surface area contributed by atoms with Crippen LogP contribution in [0.15, 0.2) is 65.4 Å². The maximum atomic E-state index is 12.7. The molecule has 0 fully saturated rings. The Kier molecular flexibility index (Phi) is 4.55. The van der Waals surface area contributed by atoms with Gasteiger partial charge in [0.25, 0.3) is 5.91 Å². The number of H-pyrrole nitrogens is 2. The Morgan fingerprint density at radius 1 is 1.07 bits per heavy atom. The SMILES string of the molecule is C[C@@H](NC(=O)c1nc2cc3c(-c4ccncc4)n[nH]c3cc2[nH]1)c1ccc(Br)cc1. The molecule has 0 bridgehead atoms. The number of nitrogens with one attached hydrogen (secondary N) is 3. The smallest absolute Gasteiger partial charge is 0.287 e. The van der Waals surface area contributed by atoms with Gasteiger partial charge >= 0.3 is 0 Å². The Morgan fingerprint density at radius 2 is 1.83 bits per heavy atom. The summed E-state index contributed by atoms with van der Waals surface area (Å²) in [5.41, 5.74) is 5.16. The number of aromatic amines is 2. The van der Waals surface area contributed by atoms with Crippen molar-refractivity contribution in [2.75, 3.05) is 0 Å². The van der Waals surface area contributed by atoms with Gasteiger partial charge in [-0.1, -0.05) is 28.1 Å². The lowest BCUT2D eigenvalue weighted by molar-refractivity contribution is 0.0930. The molecule has 3 heterocycles. The number of halogens is 1. The molecule has 5 rings (SSSR count). The molecule has 30 heavy (non-hydrogen) atoms. The van der Waals surface area contributed by atoms with Gasteiger partial charge in [-0.3, -0.25) is 14.9 Å². The minimum atomic E-state index is -0.252. The second kappa shape index (κ2) is 7.38. The van der Waals surface area contributed by atoms with Gasteiger partial charge in [0, 0.05) is 27.8 Å². The second-order valence-electron chi connectivity index (χ2n) is 7.06. The van der Waals surface area contributed by atoms with Crippen molar-refractivity contribution in [3.63, 3.8) is 0 Å². The molecule has 0 saturated carbocycles. The molecule has 5 aromatic rings. The van der Waals surface area contributed by atoms with Gasteiger partial charge in [-0.25, -0.2) is 4.98 Å². The van der Waals surface area contributed by atoms with Gasteiger partial charge in [-0.2, -0.15) is 5.10 Å². The van der Waals surface area contributed by atoms with Crippen LogP contribution in [0.4, 0.5) is 0 Å². The summed E-state index contributed by atoms with van der Waals surface area (Å²) >= 11 is 3.42. The summed E-state index contributed by atoms with van der Waals surface area (Å²) in [4.78, 5) is 24.4. The topological polar surface area (TPSA) is 99.3 Å². The average molecular weight is 461 g/mol. The summed E-state index contributed by atoms with van der Waals surface area (Å²) in [7, 11) is 0. The first-order chi connectivity index (χ1) is 14.6. The van der Waals surface area contributed by atoms with Crippen LogP contribution in [0, 0.1) is 0 Å². The summed E-state index contributed by atoms with van der Waals surface area (Å²) in [5.74, 6) is 0.0257. The normalized spacial score (nSPS) is 12.3. The van der Waals surface area contributed by atoms with Crippen molar-refractivity contribution >= 4 is 43.8 Å². The Balaban J connectivity index is 1.45. The van der Waals surface area contributed by atoms with Crippen molar-refractivity contribution in [2.45, 2.75) is 13.0 Å². The predicted molar refractivity (Wildman–Crippen MR) is 119 cm³/mol. The summed E-state index contributed by atoms with van der Waals surface area (Å²) in [6, 6.07) is 15.4. The number of pyridine rings is 1. The minimum Gasteiger partial charge on any atom is -0.343 e. The van der Waals surface area contributed by atoms with Crippen molar-refractivity contribution in [3.05, 3.63) is 76.8 Å². The second-order valence-corrected chi connectivity index (χ2v) is 7.97. The van der Waals surface area contributed by atoms with Crippen LogP contribution in [0.1, 0.15) is 29.1 Å². The third-order valence-corrected chi connectivity index (χ3v) is 5.58. The molecule has 3 N–H and O–H groups in total. The fraction of sp³-hybridized carbons (Fsp3) is 0.0909. The summed E-state index contributed by atoms with van der Waals surface area (Å²) in [6.45, 7) is 1.94. The molecule has 0 aliphatic heterocycles. The van der Waals surface area contributed by atoms with E-state index in [-0.39, 0.29) is 17.8 Å². The fourth-order valence-corrected chi connectivity index (χ4v) is 3.72. The largest absolute Gasteiger partial charge is 0.343 e. The molecule has 1 atom stereocenters. The van der Waals surface area contributed by atoms with Crippen LogP contribution < -0.4 is 5.32 Å². The van der Waals surface area contributed by atoms with Crippen LogP contribution in [-0.2, 0) is 0 Å². The van der Waals surface area contributed by atoms with Crippen LogP contribution in [0.5, 0.6) is 0 Å². The van der Waals surface area contributed by atoms with Crippen molar-refractivity contribution in [2.24, 2.45) is 0 Å². The van der Waals surface area contributed by atoms with Crippen LogP contribution in [0.2, 0.25) is 0 Å². The van der Waals surface area contributed by atoms with Gasteiger partial charge < -0.3 is 10.3 Å². The van der Waals surface area contributed by atoms with E-state index in [2.05, 4.69) is 46.4 Å². The standard InChI is InChI=1S/C22H17BrN6O/c1-12(13-2-4-15(23)5-3-13)25-22(30)21-26-18-10-16-17(11-19(18)27-21)28-29-20(16)14-6-8-24-9-7-14/h2-12H,1H3,(H,25,30)(H,26,27)(H,28,29)/t12-/m1/s1. The zero-order chi connectivity index (χ0) is 20.7. The van der Waals surface area contributed by atoms with Gasteiger partial charge in [0.1, 0.15) is 5.69 Å². The van der Waals surface area contributed by atoms with Gasteiger partial charge in [0.15, 0.2) is 5.82 Å². The number of benzene rings is 2. The number of hydrogen-bond donors (Lipinski definition) is 3. The van der Waals surface area contributed by atoms with Crippen LogP contribution in [-0.4, -0.2) is 31.1 Å². The van der Waals surface area contributed by atoms with Crippen molar-refractivity contribution in [3.8, 4) is 11.3 Å². The van der Waals surface area contributed by atoms with Crippen molar-refractivity contribution in [1.82, 2.24) is 30.5 Å². The molecule has 148 valence electrons. The zero-order valence-electron chi connectivity index (χ0n) is 16.0. The van der Waals surface area contributed by atoms with Gasteiger partial charge in [-0.15, -0.1) is 0 Å². The highest BCUT2D eigenvalue weighted by Gasteiger charge is 2.17. The molecule has 0 saturated heterocycles. The number of fused-ring (bicyclic) bond motifs is 2. The summed E-state index contributed by atoms with van der Waals surface area (Å²) < 4.78 is 0.999. The molecule has 0 radical (unpaired) electrons. The van der Waals surface area contributed by atoms with Crippen molar-refractivity contribution in [1.29, 1.82) is 0 Å². The summed E-state index contributed by atoms with van der Waals surface area (Å²) in [6.07, 6.45) is 3.47. The van der Waals surface area contributed by atoms with Gasteiger partial charge in [0.2, 0.25) is 0 Å². The van der Waals surface area contributed by atoms with Crippen LogP contribution in [0.25, 0.3) is 33.2 Å². The molecule has 7 nitrogen and oxygen atoms in total. The Labute approximate surface area is 180 Å². The number of amides is 1. The Morgan fingerprint density at radius 3 is 2.60 bits per heavy atom. The van der Waals surface area contributed by atoms with Crippen LogP contribution in [0.3, 0.4) is 0 Å². The zero-order valence-corrected chi connectivity index (χ0v) is 17.6. The molecular formula is C22H17BrN6O. The third kappa shape index (κ3) is 3.35. The molecule has 0 unspecified atom stereocenters. The molecule has 8 heteroatoms. The van der Waals surface area contributed by atoms with E-state index in [4.69, 9.17) is 0 Å². The fourth-order valence-electron chi connectivity index (χ4n) is 3.46. The van der Waals surface area contributed by atoms with E-state index in [0.717, 1.165) is 37.7 Å². The minimum absolute atomic E-state index is 0.143. The number of aromatic nitrogens is 5. The molecule has 1 amide bonds. The Bertz CT molecular complexity index is 1360. The van der Waals surface area contributed by atoms with Crippen molar-refractivity contribution < 1.29 is 4.79 Å². The molecule has 2 aromatic carbocycles. The number of imidazole rings is 1. The lowest BCUT2D eigenvalue weighted by Crippen LogP contribution is -2.27. The maximum Gasteiger partial charge on any atom is 0.287 e. The number of rotatable bonds is 4. The molecular weight excluding hydrogens is 444 g/mol. The lowest BCUT2D eigenvalue weighted by atomic mass is 10.1. The van der Waals surface area contributed by atoms with E-state index >= 15 is 0 Å². The van der Waals surface area contributed by atoms with E-state index in [1.165, 1.54) is 0 Å². The predicted octanol–water partition coefficient (Wildman–Crippen LogP) is 4.75. The number of nitrogens with zero attached hydrogens (tertiary/aromatic N) is 3. The van der Waals surface area contributed by atoms with Crippen LogP contribution >= 0.6 is 15.9 Å². The highest BCUT2D eigenvalue weighted by molar-refractivity contribution is 9.10. The molecule has 0 spiro atoms. The first-order valence-corrected chi connectivity index (χ1v) is 10.2. The number of carbonyl (C=O) groups excluding carboxylic acids is 1. The quantitative estimate of drug-likeness (QED) is 0.360. The molecule has 3 aromatic heterocycles. The van der Waals surface area contributed by atoms with E-state index in [0.29, 0.717) is 5.52 Å². The highest BCUT2D eigenvalue weighted by atomic mass is 79.9. The maximum absolute atomic E-state index is 12.7. The number of carbonyl (C=O) groups is 1. The van der Waals surface area contributed by atoms with E-state index < -0.39 is 0 Å². The van der Waals surface area contributed by atoms with E-state index in [1.807, 2.05) is 55.5 Å². The Hall–Kier alpha value is -3.52. The van der Waals surface area contributed by atoms with Gasteiger partial charge in [0.05, 0.1) is 22.6 Å². The molecule has 0 aliphatic rings. The number of hydrogen-bond acceptors (Lipinski definition) is 4. The first-order valence-electron chi connectivity index (χ1n) is 9.43. The monoisotopic (exact) mass is 460 g/mol. The lowest BCUT2D eigenvalue weighted by Gasteiger charge is -2.13.